The van der Waals surface area contributed by atoms with Gasteiger partial charge >= 0.3 is 0 Å². The molecule has 0 aliphatic heterocycles. The minimum atomic E-state index is -0.516. The summed E-state index contributed by atoms with van der Waals surface area (Å²) >= 11 is 0. The van der Waals surface area contributed by atoms with E-state index in [0.29, 0.717) is 30.0 Å². The Morgan fingerprint density at radius 3 is 2.67 bits per heavy atom. The Morgan fingerprint density at radius 1 is 1.29 bits per heavy atom. The zero-order valence-corrected chi connectivity index (χ0v) is 13.3. The van der Waals surface area contributed by atoms with Crippen LogP contribution in [0.2, 0.25) is 0 Å². The average Bonchev–Trinajstić information content (AvgIpc) is 3.43. The lowest BCUT2D eigenvalue weighted by Crippen LogP contribution is -2.33. The highest BCUT2D eigenvalue weighted by molar-refractivity contribution is 5.93. The number of benzene rings is 1. The number of nitrogens with zero attached hydrogens (tertiary/aromatic N) is 3. The maximum Gasteiger partial charge on any atom is 0.227 e. The van der Waals surface area contributed by atoms with Crippen LogP contribution in [0.15, 0.2) is 42.6 Å². The molecule has 122 valence electrons. The normalized spacial score (nSPS) is 13.3. The van der Waals surface area contributed by atoms with E-state index in [1.807, 2.05) is 0 Å². The molecule has 4 nitrogen and oxygen atoms in total. The van der Waals surface area contributed by atoms with Gasteiger partial charge in [0.1, 0.15) is 0 Å². The van der Waals surface area contributed by atoms with Gasteiger partial charge in [-0.2, -0.15) is 9.65 Å². The highest BCUT2D eigenvalue weighted by Crippen LogP contribution is 2.32. The van der Waals surface area contributed by atoms with Crippen LogP contribution in [-0.2, 0) is 11.2 Å². The molecule has 1 aromatic carbocycles. The summed E-state index contributed by atoms with van der Waals surface area (Å²) in [6.45, 7) is 0.681. The molecule has 0 N–H and O–H groups in total. The number of aryl methyl sites for hydroxylation is 1. The Balaban J connectivity index is 1.71. The van der Waals surface area contributed by atoms with Crippen LogP contribution in [-0.4, -0.2) is 17.4 Å². The predicted octanol–water partition coefficient (Wildman–Crippen LogP) is 3.47. The van der Waals surface area contributed by atoms with Crippen molar-refractivity contribution in [3.05, 3.63) is 59.7 Å². The number of aromatic nitrogens is 1. The van der Waals surface area contributed by atoms with Gasteiger partial charge in [-0.15, -0.1) is 0 Å². The number of rotatable bonds is 6. The lowest BCUT2D eigenvalue weighted by molar-refractivity contribution is -0.118. The van der Waals surface area contributed by atoms with E-state index in [1.165, 1.54) is 6.20 Å². The van der Waals surface area contributed by atoms with Gasteiger partial charge in [-0.05, 0) is 55.5 Å². The van der Waals surface area contributed by atoms with Crippen molar-refractivity contribution in [3.63, 3.8) is 0 Å². The molecule has 0 atom stereocenters. The first kappa shape index (κ1) is 16.1. The van der Waals surface area contributed by atoms with Crippen LogP contribution in [0, 0.1) is 23.2 Å². The van der Waals surface area contributed by atoms with Gasteiger partial charge in [0.05, 0.1) is 11.6 Å². The van der Waals surface area contributed by atoms with E-state index >= 15 is 0 Å². The van der Waals surface area contributed by atoms with Crippen molar-refractivity contribution >= 4 is 11.6 Å². The molecular formula is C19H18FN3O. The second-order valence-corrected chi connectivity index (χ2v) is 6.06. The Kier molecular flexibility index (Phi) is 4.85. The average molecular weight is 323 g/mol. The summed E-state index contributed by atoms with van der Waals surface area (Å²) in [5, 5.41) is 8.90. The molecule has 0 saturated heterocycles. The molecule has 0 radical (unpaired) electrons. The van der Waals surface area contributed by atoms with E-state index in [0.717, 1.165) is 18.5 Å². The molecule has 1 amide bonds. The van der Waals surface area contributed by atoms with Gasteiger partial charge in [0.25, 0.3) is 0 Å². The zero-order valence-electron chi connectivity index (χ0n) is 13.3. The van der Waals surface area contributed by atoms with Crippen LogP contribution in [0.25, 0.3) is 0 Å². The third-order valence-corrected chi connectivity index (χ3v) is 4.19. The summed E-state index contributed by atoms with van der Waals surface area (Å²) < 4.78 is 13.6. The summed E-state index contributed by atoms with van der Waals surface area (Å²) in [5.74, 6) is -0.00741. The maximum atomic E-state index is 13.6. The monoisotopic (exact) mass is 323 g/mol. The van der Waals surface area contributed by atoms with Crippen molar-refractivity contribution in [1.82, 2.24) is 4.98 Å². The molecule has 1 aliphatic rings. The van der Waals surface area contributed by atoms with E-state index in [1.54, 1.807) is 41.3 Å². The van der Waals surface area contributed by atoms with E-state index in [2.05, 4.69) is 11.1 Å². The van der Waals surface area contributed by atoms with Gasteiger partial charge in [0.2, 0.25) is 11.9 Å². The lowest BCUT2D eigenvalue weighted by Gasteiger charge is -2.23. The first-order valence-corrected chi connectivity index (χ1v) is 8.07. The molecule has 1 fully saturated rings. The summed E-state index contributed by atoms with van der Waals surface area (Å²) in [6.07, 6.45) is 4.23. The number of nitriles is 1. The molecule has 2 aromatic rings. The Hall–Kier alpha value is -2.74. The second-order valence-electron chi connectivity index (χ2n) is 6.06. The SMILES string of the molecule is N#Cc1ccc(N(CC2CC2)C(=O)CCc2cccnc2F)cc1. The summed E-state index contributed by atoms with van der Waals surface area (Å²) in [6, 6.07) is 12.4. The highest BCUT2D eigenvalue weighted by atomic mass is 19.1. The van der Waals surface area contributed by atoms with E-state index in [9.17, 15) is 9.18 Å². The van der Waals surface area contributed by atoms with Crippen LogP contribution in [0.3, 0.4) is 0 Å². The molecule has 3 rings (SSSR count). The predicted molar refractivity (Wildman–Crippen MR) is 88.8 cm³/mol. The first-order valence-electron chi connectivity index (χ1n) is 8.07. The maximum absolute atomic E-state index is 13.6. The fraction of sp³-hybridized carbons (Fsp3) is 0.316. The van der Waals surface area contributed by atoms with Crippen molar-refractivity contribution < 1.29 is 9.18 Å². The van der Waals surface area contributed by atoms with Gasteiger partial charge in [0, 0.05) is 30.4 Å². The van der Waals surface area contributed by atoms with E-state index in [4.69, 9.17) is 5.26 Å². The molecule has 0 unspecified atom stereocenters. The Bertz CT molecular complexity index is 763. The number of halogens is 1. The number of carbonyl (C=O) groups is 1. The molecule has 1 heterocycles. The van der Waals surface area contributed by atoms with Crippen molar-refractivity contribution in [2.75, 3.05) is 11.4 Å². The lowest BCUT2D eigenvalue weighted by atomic mass is 10.1. The first-order chi connectivity index (χ1) is 11.7. The standard InChI is InChI=1S/C19H18FN3O/c20-19-16(2-1-11-22-19)7-10-18(24)23(13-15-3-4-15)17-8-5-14(12-21)6-9-17/h1-2,5-6,8-9,11,15H,3-4,7,10,13H2. The zero-order chi connectivity index (χ0) is 16.9. The molecule has 1 aromatic heterocycles. The molecule has 24 heavy (non-hydrogen) atoms. The summed E-state index contributed by atoms with van der Waals surface area (Å²) in [5.41, 5.74) is 1.81. The van der Waals surface area contributed by atoms with Gasteiger partial charge < -0.3 is 4.90 Å². The number of anilines is 1. The highest BCUT2D eigenvalue weighted by Gasteiger charge is 2.27. The number of carbonyl (C=O) groups excluding carboxylic acids is 1. The van der Waals surface area contributed by atoms with Crippen molar-refractivity contribution in [3.8, 4) is 6.07 Å². The number of hydrogen-bond donors (Lipinski definition) is 0. The molecule has 0 bridgehead atoms. The largest absolute Gasteiger partial charge is 0.312 e. The quantitative estimate of drug-likeness (QED) is 0.765. The number of hydrogen-bond acceptors (Lipinski definition) is 3. The van der Waals surface area contributed by atoms with Gasteiger partial charge in [0.15, 0.2) is 0 Å². The Labute approximate surface area is 140 Å². The number of pyridine rings is 1. The van der Waals surface area contributed by atoms with E-state index in [-0.39, 0.29) is 12.3 Å². The topological polar surface area (TPSA) is 57.0 Å². The minimum Gasteiger partial charge on any atom is -0.312 e. The molecule has 0 spiro atoms. The third-order valence-electron chi connectivity index (χ3n) is 4.19. The second kappa shape index (κ2) is 7.22. The van der Waals surface area contributed by atoms with Crippen LogP contribution in [0.1, 0.15) is 30.4 Å². The van der Waals surface area contributed by atoms with Crippen molar-refractivity contribution in [1.29, 1.82) is 5.26 Å². The van der Waals surface area contributed by atoms with E-state index < -0.39 is 5.95 Å². The van der Waals surface area contributed by atoms with Crippen molar-refractivity contribution in [2.45, 2.75) is 25.7 Å². The number of amides is 1. The van der Waals surface area contributed by atoms with Gasteiger partial charge in [-0.3, -0.25) is 4.79 Å². The molecule has 5 heteroatoms. The van der Waals surface area contributed by atoms with Crippen LogP contribution in [0.5, 0.6) is 0 Å². The molecular weight excluding hydrogens is 305 g/mol. The fourth-order valence-electron chi connectivity index (χ4n) is 2.61. The van der Waals surface area contributed by atoms with Gasteiger partial charge in [-0.25, -0.2) is 4.98 Å². The summed E-state index contributed by atoms with van der Waals surface area (Å²) in [7, 11) is 0. The minimum absolute atomic E-state index is 0.0325. The Morgan fingerprint density at radius 2 is 2.04 bits per heavy atom. The third kappa shape index (κ3) is 3.96. The smallest absolute Gasteiger partial charge is 0.227 e. The summed E-state index contributed by atoms with van der Waals surface area (Å²) in [4.78, 5) is 18.0. The fourth-order valence-corrected chi connectivity index (χ4v) is 2.61. The van der Waals surface area contributed by atoms with Crippen LogP contribution < -0.4 is 4.90 Å². The molecule has 1 aliphatic carbocycles. The molecule has 1 saturated carbocycles. The van der Waals surface area contributed by atoms with Crippen LogP contribution >= 0.6 is 0 Å². The van der Waals surface area contributed by atoms with Crippen molar-refractivity contribution in [2.24, 2.45) is 5.92 Å². The van der Waals surface area contributed by atoms with Crippen LogP contribution in [0.4, 0.5) is 10.1 Å². The van der Waals surface area contributed by atoms with Gasteiger partial charge in [-0.1, -0.05) is 6.07 Å².